The maximum absolute atomic E-state index is 10.0. The maximum atomic E-state index is 10.0. The highest BCUT2D eigenvalue weighted by atomic mass is 16.5. The molecule has 0 bridgehead atoms. The van der Waals surface area contributed by atoms with Gasteiger partial charge in [0.1, 0.15) is 5.75 Å². The van der Waals surface area contributed by atoms with Crippen LogP contribution >= 0.6 is 0 Å². The van der Waals surface area contributed by atoms with E-state index in [1.54, 1.807) is 21.0 Å². The molecule has 6 heteroatoms. The lowest BCUT2D eigenvalue weighted by atomic mass is 10.1. The van der Waals surface area contributed by atoms with Crippen molar-refractivity contribution < 1.29 is 14.4 Å². The Morgan fingerprint density at radius 2 is 1.96 bits per heavy atom. The molecule has 0 saturated carbocycles. The monoisotopic (exact) mass is 319 g/mol. The Morgan fingerprint density at radius 1 is 1.30 bits per heavy atom. The number of aromatic nitrogens is 2. The molecule has 1 heterocycles. The zero-order valence-electron chi connectivity index (χ0n) is 14.4. The second kappa shape index (κ2) is 7.10. The normalized spacial score (nSPS) is 13.3. The molecule has 0 saturated heterocycles. The predicted molar refractivity (Wildman–Crippen MR) is 88.2 cm³/mol. The van der Waals surface area contributed by atoms with E-state index in [1.165, 1.54) is 0 Å². The highest BCUT2D eigenvalue weighted by molar-refractivity contribution is 5.55. The first-order valence-corrected chi connectivity index (χ1v) is 7.78. The molecule has 1 unspecified atom stereocenters. The molecule has 1 atom stereocenters. The van der Waals surface area contributed by atoms with Crippen molar-refractivity contribution >= 4 is 0 Å². The van der Waals surface area contributed by atoms with Gasteiger partial charge in [-0.15, -0.1) is 0 Å². The molecule has 1 aromatic carbocycles. The van der Waals surface area contributed by atoms with Gasteiger partial charge in [-0.2, -0.15) is 4.98 Å². The van der Waals surface area contributed by atoms with E-state index in [9.17, 15) is 5.11 Å². The van der Waals surface area contributed by atoms with Crippen molar-refractivity contribution in [2.24, 2.45) is 0 Å². The van der Waals surface area contributed by atoms with Crippen molar-refractivity contribution in [3.63, 3.8) is 0 Å². The maximum Gasteiger partial charge on any atom is 0.244 e. The van der Waals surface area contributed by atoms with E-state index in [4.69, 9.17) is 9.26 Å². The summed E-state index contributed by atoms with van der Waals surface area (Å²) in [5, 5.41) is 14.1. The van der Waals surface area contributed by atoms with E-state index >= 15 is 0 Å². The first kappa shape index (κ1) is 17.4. The van der Waals surface area contributed by atoms with E-state index in [1.807, 2.05) is 38.1 Å². The minimum atomic E-state index is -0.775. The highest BCUT2D eigenvalue weighted by Gasteiger charge is 2.25. The lowest BCUT2D eigenvalue weighted by Crippen LogP contribution is -2.40. The first-order valence-electron chi connectivity index (χ1n) is 7.78. The number of benzene rings is 1. The van der Waals surface area contributed by atoms with Crippen LogP contribution in [0.4, 0.5) is 0 Å². The number of methoxy groups -OCH3 is 1. The number of hydrogen-bond acceptors (Lipinski definition) is 6. The SMILES string of the molecule is CCN(CC(C)(C)O)C(C)c1nc(-c2ccc(OC)cc2)no1. The van der Waals surface area contributed by atoms with Gasteiger partial charge in [0.25, 0.3) is 0 Å². The summed E-state index contributed by atoms with van der Waals surface area (Å²) in [4.78, 5) is 6.60. The van der Waals surface area contributed by atoms with Crippen LogP contribution in [0.25, 0.3) is 11.4 Å². The fraction of sp³-hybridized carbons (Fsp3) is 0.529. The van der Waals surface area contributed by atoms with Crippen LogP contribution in [0.2, 0.25) is 0 Å². The van der Waals surface area contributed by atoms with Crippen LogP contribution in [0, 0.1) is 0 Å². The molecule has 0 amide bonds. The summed E-state index contributed by atoms with van der Waals surface area (Å²) >= 11 is 0. The predicted octanol–water partition coefficient (Wildman–Crippen LogP) is 2.90. The standard InChI is InChI=1S/C17H25N3O3/c1-6-20(11-17(3,4)21)12(2)16-18-15(19-23-16)13-7-9-14(22-5)10-8-13/h7-10,12,21H,6,11H2,1-5H3. The third-order valence-electron chi connectivity index (χ3n) is 3.69. The highest BCUT2D eigenvalue weighted by Crippen LogP contribution is 2.24. The summed E-state index contributed by atoms with van der Waals surface area (Å²) in [5.74, 6) is 1.88. The molecule has 1 N–H and O–H groups in total. The largest absolute Gasteiger partial charge is 0.497 e. The van der Waals surface area contributed by atoms with Gasteiger partial charge >= 0.3 is 0 Å². The Hall–Kier alpha value is -1.92. The van der Waals surface area contributed by atoms with Gasteiger partial charge in [-0.25, -0.2) is 0 Å². The van der Waals surface area contributed by atoms with Crippen molar-refractivity contribution in [3.05, 3.63) is 30.2 Å². The zero-order valence-corrected chi connectivity index (χ0v) is 14.4. The Bertz CT molecular complexity index is 617. The van der Waals surface area contributed by atoms with E-state index < -0.39 is 5.60 Å². The number of likely N-dealkylation sites (N-methyl/N-ethyl adjacent to an activating group) is 1. The summed E-state index contributed by atoms with van der Waals surface area (Å²) in [6.07, 6.45) is 0. The Balaban J connectivity index is 2.16. The van der Waals surface area contributed by atoms with Gasteiger partial charge in [-0.3, -0.25) is 4.90 Å². The third kappa shape index (κ3) is 4.53. The van der Waals surface area contributed by atoms with Gasteiger partial charge in [0.15, 0.2) is 0 Å². The van der Waals surface area contributed by atoms with E-state index in [2.05, 4.69) is 15.0 Å². The fourth-order valence-electron chi connectivity index (χ4n) is 2.44. The first-order chi connectivity index (χ1) is 10.8. The molecule has 0 aliphatic carbocycles. The van der Waals surface area contributed by atoms with Gasteiger partial charge in [0, 0.05) is 12.1 Å². The van der Waals surface area contributed by atoms with Crippen LogP contribution in [0.3, 0.4) is 0 Å². The van der Waals surface area contributed by atoms with Crippen LogP contribution in [0.15, 0.2) is 28.8 Å². The summed E-state index contributed by atoms with van der Waals surface area (Å²) in [6.45, 7) is 8.94. The molecule has 1 aromatic heterocycles. The van der Waals surface area contributed by atoms with Crippen molar-refractivity contribution in [1.29, 1.82) is 0 Å². The molecular formula is C17H25N3O3. The van der Waals surface area contributed by atoms with Gasteiger partial charge in [-0.05, 0) is 51.6 Å². The van der Waals surface area contributed by atoms with Crippen LogP contribution < -0.4 is 4.74 Å². The second-order valence-corrected chi connectivity index (χ2v) is 6.24. The van der Waals surface area contributed by atoms with Crippen molar-refractivity contribution in [2.75, 3.05) is 20.2 Å². The van der Waals surface area contributed by atoms with E-state index in [-0.39, 0.29) is 6.04 Å². The molecule has 0 radical (unpaired) electrons. The van der Waals surface area contributed by atoms with Crippen LogP contribution in [-0.4, -0.2) is 45.9 Å². The van der Waals surface area contributed by atoms with Crippen LogP contribution in [0.5, 0.6) is 5.75 Å². The van der Waals surface area contributed by atoms with Gasteiger partial charge in [-0.1, -0.05) is 12.1 Å². The van der Waals surface area contributed by atoms with E-state index in [0.29, 0.717) is 18.3 Å². The van der Waals surface area contributed by atoms with Crippen molar-refractivity contribution in [2.45, 2.75) is 39.3 Å². The fourth-order valence-corrected chi connectivity index (χ4v) is 2.44. The van der Waals surface area contributed by atoms with Crippen LogP contribution in [-0.2, 0) is 0 Å². The zero-order chi connectivity index (χ0) is 17.0. The average Bonchev–Trinajstić information content (AvgIpc) is 3.01. The van der Waals surface area contributed by atoms with Crippen LogP contribution in [0.1, 0.15) is 39.6 Å². The topological polar surface area (TPSA) is 71.6 Å². The summed E-state index contributed by atoms with van der Waals surface area (Å²) < 4.78 is 10.6. The minimum Gasteiger partial charge on any atom is -0.497 e. The molecule has 2 aromatic rings. The smallest absolute Gasteiger partial charge is 0.244 e. The lowest BCUT2D eigenvalue weighted by Gasteiger charge is -2.30. The second-order valence-electron chi connectivity index (χ2n) is 6.24. The molecule has 126 valence electrons. The molecular weight excluding hydrogens is 294 g/mol. The van der Waals surface area contributed by atoms with Gasteiger partial charge in [0.05, 0.1) is 18.8 Å². The van der Waals surface area contributed by atoms with Crippen molar-refractivity contribution in [1.82, 2.24) is 15.0 Å². The quantitative estimate of drug-likeness (QED) is 0.846. The Labute approximate surface area is 137 Å². The number of hydrogen-bond donors (Lipinski definition) is 1. The molecule has 0 aliphatic rings. The minimum absolute atomic E-state index is 0.0640. The lowest BCUT2D eigenvalue weighted by molar-refractivity contribution is 0.0200. The number of aliphatic hydroxyl groups is 1. The van der Waals surface area contributed by atoms with Gasteiger partial charge < -0.3 is 14.4 Å². The third-order valence-corrected chi connectivity index (χ3v) is 3.69. The Kier molecular flexibility index (Phi) is 5.38. The Morgan fingerprint density at radius 3 is 2.48 bits per heavy atom. The molecule has 6 nitrogen and oxygen atoms in total. The van der Waals surface area contributed by atoms with E-state index in [0.717, 1.165) is 17.9 Å². The molecule has 0 spiro atoms. The average molecular weight is 319 g/mol. The molecule has 0 fully saturated rings. The molecule has 23 heavy (non-hydrogen) atoms. The molecule has 0 aliphatic heterocycles. The number of rotatable bonds is 7. The van der Waals surface area contributed by atoms with Gasteiger partial charge in [0.2, 0.25) is 11.7 Å². The summed E-state index contributed by atoms with van der Waals surface area (Å²) in [7, 11) is 1.63. The molecule has 2 rings (SSSR count). The number of ether oxygens (including phenoxy) is 1. The van der Waals surface area contributed by atoms with Crippen molar-refractivity contribution in [3.8, 4) is 17.1 Å². The summed E-state index contributed by atoms with van der Waals surface area (Å²) in [6, 6.07) is 7.45. The number of nitrogens with zero attached hydrogens (tertiary/aromatic N) is 3. The summed E-state index contributed by atoms with van der Waals surface area (Å²) in [5.41, 5.74) is 0.0989.